The second-order valence-electron chi connectivity index (χ2n) is 13.9. The molecule has 0 amide bonds. The molecule has 0 spiro atoms. The minimum atomic E-state index is 0.614. The van der Waals surface area contributed by atoms with Crippen LogP contribution in [0.1, 0.15) is 0 Å². The van der Waals surface area contributed by atoms with Gasteiger partial charge in [-0.1, -0.05) is 127 Å². The van der Waals surface area contributed by atoms with E-state index in [0.717, 1.165) is 55.6 Å². The van der Waals surface area contributed by atoms with E-state index in [1.165, 1.54) is 27.4 Å². The smallest absolute Gasteiger partial charge is 0.164 e. The van der Waals surface area contributed by atoms with E-state index in [1.54, 1.807) is 0 Å². The maximum absolute atomic E-state index is 5.01. The molecule has 0 saturated heterocycles. The lowest BCUT2D eigenvalue weighted by Gasteiger charge is -2.12. The zero-order valence-electron chi connectivity index (χ0n) is 30.2. The number of hydrogen-bond acceptors (Lipinski definition) is 4. The van der Waals surface area contributed by atoms with Gasteiger partial charge in [0.1, 0.15) is 0 Å². The molecule has 6 heteroatoms. The Morgan fingerprint density at radius 3 is 1.64 bits per heavy atom. The molecule has 4 heterocycles. The highest BCUT2D eigenvalue weighted by Gasteiger charge is 2.19. The molecule has 56 heavy (non-hydrogen) atoms. The Morgan fingerprint density at radius 1 is 0.339 bits per heavy atom. The number of aromatic nitrogens is 6. The van der Waals surface area contributed by atoms with Crippen LogP contribution >= 0.6 is 0 Å². The summed E-state index contributed by atoms with van der Waals surface area (Å²) in [5.74, 6) is 1.88. The number of rotatable bonds is 6. The minimum Gasteiger partial charge on any atom is -0.309 e. The Kier molecular flexibility index (Phi) is 7.38. The second-order valence-corrected chi connectivity index (χ2v) is 13.9. The molecule has 0 aliphatic rings. The van der Waals surface area contributed by atoms with Crippen molar-refractivity contribution in [3.63, 3.8) is 0 Å². The van der Waals surface area contributed by atoms with E-state index >= 15 is 0 Å². The molecule has 262 valence electrons. The molecular formula is C50H32N6. The average molecular weight is 717 g/mol. The van der Waals surface area contributed by atoms with Gasteiger partial charge >= 0.3 is 0 Å². The molecule has 7 aromatic carbocycles. The maximum atomic E-state index is 5.01. The molecule has 4 aromatic heterocycles. The van der Waals surface area contributed by atoms with Gasteiger partial charge in [0.15, 0.2) is 17.5 Å². The van der Waals surface area contributed by atoms with Gasteiger partial charge in [0.25, 0.3) is 0 Å². The predicted molar refractivity (Wildman–Crippen MR) is 228 cm³/mol. The van der Waals surface area contributed by atoms with Crippen LogP contribution in [0.3, 0.4) is 0 Å². The van der Waals surface area contributed by atoms with Crippen molar-refractivity contribution in [2.75, 3.05) is 0 Å². The zero-order chi connectivity index (χ0) is 37.0. The van der Waals surface area contributed by atoms with Crippen LogP contribution in [-0.4, -0.2) is 29.1 Å². The van der Waals surface area contributed by atoms with Gasteiger partial charge in [-0.3, -0.25) is 4.98 Å². The maximum Gasteiger partial charge on any atom is 0.164 e. The predicted octanol–water partition coefficient (Wildman–Crippen LogP) is 12.1. The van der Waals surface area contributed by atoms with E-state index in [4.69, 9.17) is 19.9 Å². The molecular weight excluding hydrogens is 685 g/mol. The largest absolute Gasteiger partial charge is 0.309 e. The first-order valence-corrected chi connectivity index (χ1v) is 18.7. The lowest BCUT2D eigenvalue weighted by Crippen LogP contribution is -2.01. The van der Waals surface area contributed by atoms with E-state index in [2.05, 4.69) is 130 Å². The van der Waals surface area contributed by atoms with Crippen molar-refractivity contribution in [1.82, 2.24) is 29.1 Å². The van der Waals surface area contributed by atoms with Crippen LogP contribution < -0.4 is 0 Å². The van der Waals surface area contributed by atoms with E-state index in [0.29, 0.717) is 17.5 Å². The fourth-order valence-electron chi connectivity index (χ4n) is 8.12. The standard InChI is InChI=1S/C50H32N6/c1-4-15-33(16-5-1)48-52-49(34-17-6-2-7-18-34)54-50(53-48)36-19-12-22-38(31-36)56-43-29-28-35(32-41(43)47-45(56)27-14-30-51-47)39-24-13-26-44-46(39)40-23-10-11-25-42(40)55(44)37-20-8-3-9-21-37/h1-32H. The van der Waals surface area contributed by atoms with Crippen LogP contribution in [0.5, 0.6) is 0 Å². The van der Waals surface area contributed by atoms with Gasteiger partial charge in [-0.15, -0.1) is 0 Å². The fourth-order valence-corrected chi connectivity index (χ4v) is 8.12. The highest BCUT2D eigenvalue weighted by molar-refractivity contribution is 6.17. The summed E-state index contributed by atoms with van der Waals surface area (Å²) in [5, 5.41) is 3.55. The summed E-state index contributed by atoms with van der Waals surface area (Å²) in [6.45, 7) is 0. The first kappa shape index (κ1) is 31.8. The molecule has 0 atom stereocenters. The highest BCUT2D eigenvalue weighted by Crippen LogP contribution is 2.41. The first-order valence-electron chi connectivity index (χ1n) is 18.7. The number of para-hydroxylation sites is 2. The summed E-state index contributed by atoms with van der Waals surface area (Å²) in [6, 6.07) is 65.5. The van der Waals surface area contributed by atoms with E-state index in [-0.39, 0.29) is 0 Å². The number of nitrogens with zero attached hydrogens (tertiary/aromatic N) is 6. The zero-order valence-corrected chi connectivity index (χ0v) is 30.2. The quantitative estimate of drug-likeness (QED) is 0.172. The van der Waals surface area contributed by atoms with Gasteiger partial charge in [0.2, 0.25) is 0 Å². The van der Waals surface area contributed by atoms with Gasteiger partial charge in [-0.2, -0.15) is 0 Å². The van der Waals surface area contributed by atoms with Crippen molar-refractivity contribution in [3.8, 4) is 56.7 Å². The minimum absolute atomic E-state index is 0.614. The Balaban J connectivity index is 1.08. The Morgan fingerprint density at radius 2 is 0.893 bits per heavy atom. The highest BCUT2D eigenvalue weighted by atomic mass is 15.0. The SMILES string of the molecule is c1ccc(-c2nc(-c3ccccc3)nc(-c3cccc(-n4c5ccc(-c6cccc7c6c6ccccc6n7-c6ccccc6)cc5c5ncccc54)c3)n2)cc1. The first-order chi connectivity index (χ1) is 27.8. The van der Waals surface area contributed by atoms with Gasteiger partial charge in [-0.05, 0) is 71.8 Å². The van der Waals surface area contributed by atoms with Gasteiger partial charge in [0, 0.05) is 50.4 Å². The summed E-state index contributed by atoms with van der Waals surface area (Å²) in [4.78, 5) is 19.9. The van der Waals surface area contributed by atoms with Crippen molar-refractivity contribution >= 4 is 43.7 Å². The molecule has 0 unspecified atom stereocenters. The molecule has 0 fully saturated rings. The van der Waals surface area contributed by atoms with E-state index in [9.17, 15) is 0 Å². The summed E-state index contributed by atoms with van der Waals surface area (Å²) >= 11 is 0. The van der Waals surface area contributed by atoms with Crippen LogP contribution in [0.25, 0.3) is 100 Å². The summed E-state index contributed by atoms with van der Waals surface area (Å²) in [5.41, 5.74) is 12.7. The summed E-state index contributed by atoms with van der Waals surface area (Å²) < 4.78 is 4.66. The summed E-state index contributed by atoms with van der Waals surface area (Å²) in [6.07, 6.45) is 1.88. The van der Waals surface area contributed by atoms with Gasteiger partial charge in [0.05, 0.1) is 27.6 Å². The van der Waals surface area contributed by atoms with Crippen molar-refractivity contribution in [1.29, 1.82) is 0 Å². The molecule has 0 aliphatic heterocycles. The third-order valence-corrected chi connectivity index (χ3v) is 10.6. The molecule has 0 saturated carbocycles. The van der Waals surface area contributed by atoms with Crippen LogP contribution in [-0.2, 0) is 0 Å². The van der Waals surface area contributed by atoms with Crippen LogP contribution in [0.2, 0.25) is 0 Å². The molecule has 11 rings (SSSR count). The third kappa shape index (κ3) is 5.19. The molecule has 11 aromatic rings. The Labute approximate surface area is 322 Å². The number of hydrogen-bond donors (Lipinski definition) is 0. The summed E-state index contributed by atoms with van der Waals surface area (Å²) in [7, 11) is 0. The topological polar surface area (TPSA) is 61.4 Å². The lowest BCUT2D eigenvalue weighted by molar-refractivity contribution is 1.07. The molecule has 0 N–H and O–H groups in total. The molecule has 0 radical (unpaired) electrons. The monoisotopic (exact) mass is 716 g/mol. The van der Waals surface area contributed by atoms with E-state index < -0.39 is 0 Å². The average Bonchev–Trinajstić information content (AvgIpc) is 3.80. The second kappa shape index (κ2) is 13.0. The number of pyridine rings is 1. The van der Waals surface area contributed by atoms with Crippen molar-refractivity contribution < 1.29 is 0 Å². The fraction of sp³-hybridized carbons (Fsp3) is 0. The number of fused-ring (bicyclic) bond motifs is 6. The van der Waals surface area contributed by atoms with Crippen molar-refractivity contribution in [2.45, 2.75) is 0 Å². The third-order valence-electron chi connectivity index (χ3n) is 10.6. The molecule has 0 aliphatic carbocycles. The lowest BCUT2D eigenvalue weighted by atomic mass is 9.98. The van der Waals surface area contributed by atoms with Gasteiger partial charge in [-0.25, -0.2) is 15.0 Å². The van der Waals surface area contributed by atoms with E-state index in [1.807, 2.05) is 72.9 Å². The van der Waals surface area contributed by atoms with Crippen LogP contribution in [0.4, 0.5) is 0 Å². The van der Waals surface area contributed by atoms with Crippen LogP contribution in [0.15, 0.2) is 194 Å². The van der Waals surface area contributed by atoms with Crippen LogP contribution in [0, 0.1) is 0 Å². The molecule has 0 bridgehead atoms. The Hall–Kier alpha value is -7.70. The van der Waals surface area contributed by atoms with Gasteiger partial charge < -0.3 is 9.13 Å². The normalized spacial score (nSPS) is 11.6. The Bertz CT molecular complexity index is 3180. The number of benzene rings is 7. The molecule has 6 nitrogen and oxygen atoms in total. The van der Waals surface area contributed by atoms with Crippen molar-refractivity contribution in [2.24, 2.45) is 0 Å². The van der Waals surface area contributed by atoms with Crippen molar-refractivity contribution in [3.05, 3.63) is 194 Å².